The molecule has 1 aromatic carbocycles. The highest BCUT2D eigenvalue weighted by atomic mass is 32.2. The Bertz CT molecular complexity index is 896. The molecule has 3 aromatic rings. The van der Waals surface area contributed by atoms with Gasteiger partial charge < -0.3 is 14.6 Å². The van der Waals surface area contributed by atoms with Crippen LogP contribution in [0.1, 0.15) is 19.8 Å². The lowest BCUT2D eigenvalue weighted by atomic mass is 10.2. The molecule has 0 radical (unpaired) electrons. The van der Waals surface area contributed by atoms with Gasteiger partial charge in [0.15, 0.2) is 5.65 Å². The molecule has 0 fully saturated rings. The molecule has 0 saturated carbocycles. The number of amides is 1. The van der Waals surface area contributed by atoms with Crippen molar-refractivity contribution in [1.29, 1.82) is 0 Å². The summed E-state index contributed by atoms with van der Waals surface area (Å²) in [5, 5.41) is 13.0. The zero-order chi connectivity index (χ0) is 18.4. The first kappa shape index (κ1) is 18.6. The molecule has 138 valence electrons. The number of methoxy groups -OCH3 is 1. The van der Waals surface area contributed by atoms with Crippen LogP contribution in [0.15, 0.2) is 29.4 Å². The fraction of sp³-hybridized carbons (Fsp3) is 0.444. The third-order valence-corrected chi connectivity index (χ3v) is 4.82. The van der Waals surface area contributed by atoms with E-state index in [4.69, 9.17) is 4.74 Å². The highest BCUT2D eigenvalue weighted by Crippen LogP contribution is 2.27. The number of para-hydroxylation sites is 1. The van der Waals surface area contributed by atoms with Crippen LogP contribution >= 0.6 is 11.8 Å². The first-order valence-electron chi connectivity index (χ1n) is 8.74. The van der Waals surface area contributed by atoms with E-state index in [0.29, 0.717) is 18.3 Å². The van der Waals surface area contributed by atoms with E-state index >= 15 is 0 Å². The van der Waals surface area contributed by atoms with Crippen LogP contribution in [0.4, 0.5) is 0 Å². The van der Waals surface area contributed by atoms with Crippen molar-refractivity contribution < 1.29 is 9.53 Å². The van der Waals surface area contributed by atoms with Gasteiger partial charge in [-0.05, 0) is 18.9 Å². The van der Waals surface area contributed by atoms with Crippen LogP contribution in [0.3, 0.4) is 0 Å². The van der Waals surface area contributed by atoms with Gasteiger partial charge in [-0.1, -0.05) is 36.9 Å². The molecular weight excluding hydrogens is 350 g/mol. The van der Waals surface area contributed by atoms with Crippen LogP contribution in [0, 0.1) is 0 Å². The highest BCUT2D eigenvalue weighted by molar-refractivity contribution is 7.99. The van der Waals surface area contributed by atoms with Gasteiger partial charge >= 0.3 is 0 Å². The Morgan fingerprint density at radius 2 is 2.15 bits per heavy atom. The van der Waals surface area contributed by atoms with Crippen LogP contribution in [-0.4, -0.2) is 51.7 Å². The van der Waals surface area contributed by atoms with E-state index in [1.54, 1.807) is 7.11 Å². The van der Waals surface area contributed by atoms with Crippen molar-refractivity contribution in [2.75, 3.05) is 26.0 Å². The molecule has 7 nitrogen and oxygen atoms in total. The van der Waals surface area contributed by atoms with Crippen LogP contribution in [0.25, 0.3) is 22.1 Å². The summed E-state index contributed by atoms with van der Waals surface area (Å²) in [4.78, 5) is 16.6. The number of hydrogen-bond acceptors (Lipinski definition) is 6. The van der Waals surface area contributed by atoms with Crippen LogP contribution in [0.5, 0.6) is 0 Å². The van der Waals surface area contributed by atoms with Crippen LogP contribution in [0.2, 0.25) is 0 Å². The first-order chi connectivity index (χ1) is 12.7. The summed E-state index contributed by atoms with van der Waals surface area (Å²) in [6, 6.07) is 8.13. The number of thioether (sulfide) groups is 1. The predicted molar refractivity (Wildman–Crippen MR) is 103 cm³/mol. The van der Waals surface area contributed by atoms with Gasteiger partial charge in [0.2, 0.25) is 11.1 Å². The molecule has 2 aromatic heterocycles. The lowest BCUT2D eigenvalue weighted by Gasteiger charge is -2.05. The number of nitrogens with one attached hydrogen (secondary N) is 1. The molecule has 3 rings (SSSR count). The van der Waals surface area contributed by atoms with Crippen LogP contribution in [-0.2, 0) is 16.1 Å². The molecular formula is C18H23N5O2S. The van der Waals surface area contributed by atoms with Gasteiger partial charge in [0, 0.05) is 32.2 Å². The lowest BCUT2D eigenvalue weighted by molar-refractivity contribution is -0.118. The summed E-state index contributed by atoms with van der Waals surface area (Å²) in [6.07, 6.45) is 1.80. The maximum Gasteiger partial charge on any atom is 0.230 e. The number of ether oxygens (including phenoxy) is 1. The minimum atomic E-state index is -0.0381. The Kier molecular flexibility index (Phi) is 6.40. The minimum absolute atomic E-state index is 0.0381. The van der Waals surface area contributed by atoms with Crippen molar-refractivity contribution in [2.45, 2.75) is 31.5 Å². The molecule has 0 atom stereocenters. The number of nitrogens with zero attached hydrogens (tertiary/aromatic N) is 4. The molecule has 0 unspecified atom stereocenters. The molecule has 0 aliphatic heterocycles. The monoisotopic (exact) mass is 373 g/mol. The molecule has 0 saturated heterocycles. The van der Waals surface area contributed by atoms with E-state index in [9.17, 15) is 4.79 Å². The zero-order valence-corrected chi connectivity index (χ0v) is 15.9. The van der Waals surface area contributed by atoms with E-state index in [1.165, 1.54) is 11.8 Å². The lowest BCUT2D eigenvalue weighted by Crippen LogP contribution is -2.26. The molecule has 0 aliphatic rings. The molecule has 1 amide bonds. The maximum absolute atomic E-state index is 11.9. The van der Waals surface area contributed by atoms with Crippen molar-refractivity contribution in [1.82, 2.24) is 25.1 Å². The number of carbonyl (C=O) groups excluding carboxylic acids is 1. The summed E-state index contributed by atoms with van der Waals surface area (Å²) in [5.74, 6) is 0.234. The number of hydrogen-bond donors (Lipinski definition) is 1. The fourth-order valence-corrected chi connectivity index (χ4v) is 3.44. The predicted octanol–water partition coefficient (Wildman–Crippen LogP) is 2.63. The Morgan fingerprint density at radius 3 is 2.96 bits per heavy atom. The summed E-state index contributed by atoms with van der Waals surface area (Å²) in [5.41, 5.74) is 2.75. The smallest absolute Gasteiger partial charge is 0.230 e. The van der Waals surface area contributed by atoms with Gasteiger partial charge in [-0.3, -0.25) is 4.79 Å². The second-order valence-electron chi connectivity index (χ2n) is 5.92. The van der Waals surface area contributed by atoms with Crippen molar-refractivity contribution in [3.63, 3.8) is 0 Å². The fourth-order valence-electron chi connectivity index (χ4n) is 2.83. The van der Waals surface area contributed by atoms with E-state index in [2.05, 4.69) is 38.1 Å². The first-order valence-corrected chi connectivity index (χ1v) is 9.73. The molecule has 8 heteroatoms. The molecule has 0 bridgehead atoms. The topological polar surface area (TPSA) is 81.9 Å². The van der Waals surface area contributed by atoms with Crippen molar-refractivity contribution in [2.24, 2.45) is 0 Å². The van der Waals surface area contributed by atoms with Gasteiger partial charge in [0.1, 0.15) is 5.52 Å². The Morgan fingerprint density at radius 1 is 1.31 bits per heavy atom. The number of aryl methyl sites for hydroxylation is 1. The standard InChI is InChI=1S/C18H23N5O2S/c1-3-10-23-14-8-5-4-7-13(14)16-17(23)20-18(22-21-16)26-12-15(24)19-9-6-11-25-2/h4-5,7-8H,3,6,9-12H2,1-2H3,(H,19,24). The van der Waals surface area contributed by atoms with E-state index < -0.39 is 0 Å². The van der Waals surface area contributed by atoms with E-state index in [-0.39, 0.29) is 11.7 Å². The molecule has 1 N–H and O–H groups in total. The van der Waals surface area contributed by atoms with Gasteiger partial charge in [0.05, 0.1) is 11.3 Å². The van der Waals surface area contributed by atoms with Crippen molar-refractivity contribution in [3.8, 4) is 0 Å². The minimum Gasteiger partial charge on any atom is -0.385 e. The zero-order valence-electron chi connectivity index (χ0n) is 15.1. The van der Waals surface area contributed by atoms with Crippen LogP contribution < -0.4 is 5.32 Å². The number of aromatic nitrogens is 4. The van der Waals surface area contributed by atoms with E-state index in [0.717, 1.165) is 41.5 Å². The van der Waals surface area contributed by atoms with Gasteiger partial charge in [0.25, 0.3) is 0 Å². The average molecular weight is 373 g/mol. The average Bonchev–Trinajstić information content (AvgIpc) is 2.97. The normalized spacial score (nSPS) is 11.3. The third-order valence-electron chi connectivity index (χ3n) is 3.98. The molecule has 2 heterocycles. The Balaban J connectivity index is 1.75. The highest BCUT2D eigenvalue weighted by Gasteiger charge is 2.14. The SMILES string of the molecule is CCCn1c2ccccc2c2nnc(SCC(=O)NCCCOC)nc21. The molecule has 0 spiro atoms. The van der Waals surface area contributed by atoms with Crippen molar-refractivity contribution in [3.05, 3.63) is 24.3 Å². The van der Waals surface area contributed by atoms with E-state index in [1.807, 2.05) is 18.2 Å². The third kappa shape index (κ3) is 4.13. The maximum atomic E-state index is 11.9. The van der Waals surface area contributed by atoms with Crippen molar-refractivity contribution >= 4 is 39.7 Å². The van der Waals surface area contributed by atoms with Gasteiger partial charge in [-0.25, -0.2) is 4.98 Å². The number of fused-ring (bicyclic) bond motifs is 3. The number of rotatable bonds is 9. The Hall–Kier alpha value is -2.19. The molecule has 0 aliphatic carbocycles. The second kappa shape index (κ2) is 8.95. The number of benzene rings is 1. The quantitative estimate of drug-likeness (QED) is 0.459. The summed E-state index contributed by atoms with van der Waals surface area (Å²) >= 11 is 1.30. The second-order valence-corrected chi connectivity index (χ2v) is 6.86. The van der Waals surface area contributed by atoms with Gasteiger partial charge in [-0.15, -0.1) is 10.2 Å². The Labute approximate surface area is 156 Å². The van der Waals surface area contributed by atoms with Gasteiger partial charge in [-0.2, -0.15) is 0 Å². The summed E-state index contributed by atoms with van der Waals surface area (Å²) in [6.45, 7) is 4.25. The summed E-state index contributed by atoms with van der Waals surface area (Å²) < 4.78 is 7.14. The summed E-state index contributed by atoms with van der Waals surface area (Å²) in [7, 11) is 1.65. The largest absolute Gasteiger partial charge is 0.385 e. The number of carbonyl (C=O) groups is 1. The molecule has 26 heavy (non-hydrogen) atoms.